The minimum atomic E-state index is -0.0819. The standard InChI is InChI=1S/C18H28N2O2/c21-17-6-11-20(12-7-17)10-1-13-22-18-3-2-15-4-8-19-9-5-16(15)14-18/h2-3,14,17,19,21H,1,4-13H2. The van der Waals surface area contributed by atoms with Crippen molar-refractivity contribution in [2.75, 3.05) is 39.3 Å². The largest absolute Gasteiger partial charge is 0.494 e. The summed E-state index contributed by atoms with van der Waals surface area (Å²) in [6, 6.07) is 6.56. The third-order valence-corrected chi connectivity index (χ3v) is 4.76. The zero-order valence-corrected chi connectivity index (χ0v) is 13.4. The van der Waals surface area contributed by atoms with Gasteiger partial charge >= 0.3 is 0 Å². The van der Waals surface area contributed by atoms with Crippen molar-refractivity contribution in [1.29, 1.82) is 0 Å². The van der Waals surface area contributed by atoms with E-state index in [-0.39, 0.29) is 6.10 Å². The molecule has 0 bridgehead atoms. The topological polar surface area (TPSA) is 44.7 Å². The summed E-state index contributed by atoms with van der Waals surface area (Å²) in [5, 5.41) is 12.9. The van der Waals surface area contributed by atoms with Crippen molar-refractivity contribution in [3.8, 4) is 5.75 Å². The van der Waals surface area contributed by atoms with E-state index in [1.807, 2.05) is 0 Å². The molecule has 1 fully saturated rings. The summed E-state index contributed by atoms with van der Waals surface area (Å²) in [4.78, 5) is 2.43. The van der Waals surface area contributed by atoms with E-state index in [2.05, 4.69) is 28.4 Å². The zero-order chi connectivity index (χ0) is 15.2. The van der Waals surface area contributed by atoms with Crippen LogP contribution in [0.3, 0.4) is 0 Å². The zero-order valence-electron chi connectivity index (χ0n) is 13.4. The number of ether oxygens (including phenoxy) is 1. The minimum absolute atomic E-state index is 0.0819. The van der Waals surface area contributed by atoms with Crippen molar-refractivity contribution >= 4 is 0 Å². The van der Waals surface area contributed by atoms with E-state index in [0.29, 0.717) is 0 Å². The number of piperidine rings is 1. The van der Waals surface area contributed by atoms with Crippen molar-refractivity contribution in [3.05, 3.63) is 29.3 Å². The molecule has 122 valence electrons. The lowest BCUT2D eigenvalue weighted by Gasteiger charge is -2.29. The molecule has 1 saturated heterocycles. The Morgan fingerprint density at radius 3 is 2.73 bits per heavy atom. The minimum Gasteiger partial charge on any atom is -0.494 e. The molecule has 2 N–H and O–H groups in total. The predicted octanol–water partition coefficient (Wildman–Crippen LogP) is 1.60. The summed E-state index contributed by atoms with van der Waals surface area (Å²) in [6.07, 6.45) is 5.02. The van der Waals surface area contributed by atoms with Crippen molar-refractivity contribution in [2.45, 2.75) is 38.2 Å². The first-order chi connectivity index (χ1) is 10.8. The van der Waals surface area contributed by atoms with Crippen LogP contribution in [0.15, 0.2) is 18.2 Å². The number of hydrogen-bond donors (Lipinski definition) is 2. The van der Waals surface area contributed by atoms with E-state index in [1.54, 1.807) is 0 Å². The second-order valence-electron chi connectivity index (χ2n) is 6.46. The molecule has 0 aromatic heterocycles. The van der Waals surface area contributed by atoms with Crippen molar-refractivity contribution in [2.24, 2.45) is 0 Å². The first-order valence-electron chi connectivity index (χ1n) is 8.67. The molecule has 0 unspecified atom stereocenters. The fourth-order valence-corrected chi connectivity index (χ4v) is 3.36. The molecule has 1 aromatic rings. The number of aliphatic hydroxyl groups excluding tert-OH is 1. The first kappa shape index (κ1) is 15.8. The van der Waals surface area contributed by atoms with Crippen molar-refractivity contribution in [1.82, 2.24) is 10.2 Å². The second kappa shape index (κ2) is 7.95. The van der Waals surface area contributed by atoms with Gasteiger partial charge in [-0.25, -0.2) is 0 Å². The van der Waals surface area contributed by atoms with E-state index >= 15 is 0 Å². The van der Waals surface area contributed by atoms with Crippen LogP contribution < -0.4 is 10.1 Å². The smallest absolute Gasteiger partial charge is 0.119 e. The first-order valence-corrected chi connectivity index (χ1v) is 8.67. The highest BCUT2D eigenvalue weighted by Crippen LogP contribution is 2.20. The van der Waals surface area contributed by atoms with Gasteiger partial charge in [0.2, 0.25) is 0 Å². The third-order valence-electron chi connectivity index (χ3n) is 4.76. The Balaban J connectivity index is 1.41. The Hall–Kier alpha value is -1.10. The van der Waals surface area contributed by atoms with Crippen LogP contribution in [0.1, 0.15) is 30.4 Å². The Labute approximate surface area is 133 Å². The summed E-state index contributed by atoms with van der Waals surface area (Å²) < 4.78 is 5.93. The number of nitrogens with zero attached hydrogens (tertiary/aromatic N) is 1. The fourth-order valence-electron chi connectivity index (χ4n) is 3.36. The van der Waals surface area contributed by atoms with Crippen molar-refractivity contribution in [3.63, 3.8) is 0 Å². The molecule has 2 heterocycles. The second-order valence-corrected chi connectivity index (χ2v) is 6.46. The van der Waals surface area contributed by atoms with Gasteiger partial charge in [0.25, 0.3) is 0 Å². The van der Waals surface area contributed by atoms with Gasteiger partial charge in [0.1, 0.15) is 5.75 Å². The molecular formula is C18H28N2O2. The number of hydrogen-bond acceptors (Lipinski definition) is 4. The lowest BCUT2D eigenvalue weighted by Crippen LogP contribution is -2.36. The summed E-state index contributed by atoms with van der Waals surface area (Å²) in [5.41, 5.74) is 2.90. The molecule has 2 aliphatic heterocycles. The molecule has 22 heavy (non-hydrogen) atoms. The van der Waals surface area contributed by atoms with Gasteiger partial charge in [-0.05, 0) is 68.5 Å². The summed E-state index contributed by atoms with van der Waals surface area (Å²) in [7, 11) is 0. The molecule has 4 nitrogen and oxygen atoms in total. The van der Waals surface area contributed by atoms with Gasteiger partial charge in [-0.15, -0.1) is 0 Å². The van der Waals surface area contributed by atoms with E-state index in [4.69, 9.17) is 4.74 Å². The van der Waals surface area contributed by atoms with Crippen LogP contribution >= 0.6 is 0 Å². The maximum absolute atomic E-state index is 9.51. The lowest BCUT2D eigenvalue weighted by atomic mass is 10.0. The van der Waals surface area contributed by atoms with Crippen LogP contribution in [-0.4, -0.2) is 55.4 Å². The maximum atomic E-state index is 9.51. The number of aliphatic hydroxyl groups is 1. The highest BCUT2D eigenvalue weighted by atomic mass is 16.5. The maximum Gasteiger partial charge on any atom is 0.119 e. The highest BCUT2D eigenvalue weighted by molar-refractivity contribution is 5.36. The average Bonchev–Trinajstić information content (AvgIpc) is 2.78. The molecule has 0 aliphatic carbocycles. The van der Waals surface area contributed by atoms with Crippen LogP contribution in [0.2, 0.25) is 0 Å². The van der Waals surface area contributed by atoms with Gasteiger partial charge in [-0.1, -0.05) is 6.07 Å². The number of fused-ring (bicyclic) bond motifs is 1. The molecule has 4 heteroatoms. The Bertz CT molecular complexity index is 470. The van der Waals surface area contributed by atoms with Gasteiger partial charge < -0.3 is 20.1 Å². The summed E-state index contributed by atoms with van der Waals surface area (Å²) in [6.45, 7) is 6.03. The Morgan fingerprint density at radius 1 is 1.14 bits per heavy atom. The van der Waals surface area contributed by atoms with E-state index in [9.17, 15) is 5.11 Å². The third kappa shape index (κ3) is 4.45. The predicted molar refractivity (Wildman–Crippen MR) is 88.5 cm³/mol. The van der Waals surface area contributed by atoms with Gasteiger partial charge in [0.05, 0.1) is 12.7 Å². The molecule has 2 aliphatic rings. The average molecular weight is 304 g/mol. The molecule has 1 aromatic carbocycles. The molecule has 0 atom stereocenters. The fraction of sp³-hybridized carbons (Fsp3) is 0.667. The van der Waals surface area contributed by atoms with E-state index < -0.39 is 0 Å². The van der Waals surface area contributed by atoms with Crippen LogP contribution in [0.5, 0.6) is 5.75 Å². The van der Waals surface area contributed by atoms with Crippen LogP contribution in [-0.2, 0) is 12.8 Å². The monoisotopic (exact) mass is 304 g/mol. The number of benzene rings is 1. The van der Waals surface area contributed by atoms with Crippen molar-refractivity contribution < 1.29 is 9.84 Å². The van der Waals surface area contributed by atoms with Gasteiger partial charge in [0, 0.05) is 19.6 Å². The number of likely N-dealkylation sites (tertiary alicyclic amines) is 1. The molecular weight excluding hydrogens is 276 g/mol. The molecule has 3 rings (SSSR count). The number of nitrogens with one attached hydrogen (secondary N) is 1. The van der Waals surface area contributed by atoms with Gasteiger partial charge in [0.15, 0.2) is 0 Å². The van der Waals surface area contributed by atoms with E-state index in [0.717, 1.165) is 77.2 Å². The molecule has 0 saturated carbocycles. The van der Waals surface area contributed by atoms with E-state index in [1.165, 1.54) is 11.1 Å². The summed E-state index contributed by atoms with van der Waals surface area (Å²) in [5.74, 6) is 1.01. The Kier molecular flexibility index (Phi) is 5.70. The number of rotatable bonds is 5. The van der Waals surface area contributed by atoms with Gasteiger partial charge in [-0.3, -0.25) is 0 Å². The molecule has 0 amide bonds. The molecule has 0 radical (unpaired) electrons. The normalized spacial score (nSPS) is 20.4. The van der Waals surface area contributed by atoms with Gasteiger partial charge in [-0.2, -0.15) is 0 Å². The molecule has 0 spiro atoms. The van der Waals surface area contributed by atoms with Crippen LogP contribution in [0, 0.1) is 0 Å². The SMILES string of the molecule is OC1CCN(CCCOc2ccc3c(c2)CCNCC3)CC1. The summed E-state index contributed by atoms with van der Waals surface area (Å²) >= 11 is 0. The highest BCUT2D eigenvalue weighted by Gasteiger charge is 2.16. The van der Waals surface area contributed by atoms with Crippen LogP contribution in [0.25, 0.3) is 0 Å². The quantitative estimate of drug-likeness (QED) is 0.811. The lowest BCUT2D eigenvalue weighted by molar-refractivity contribution is 0.0800. The van der Waals surface area contributed by atoms with Crippen LogP contribution in [0.4, 0.5) is 0 Å². The Morgan fingerprint density at radius 2 is 1.91 bits per heavy atom.